The maximum atomic E-state index is 12.3. The fourth-order valence-corrected chi connectivity index (χ4v) is 3.43. The second-order valence-corrected chi connectivity index (χ2v) is 6.55. The Morgan fingerprint density at radius 2 is 1.93 bits per heavy atom. The minimum absolute atomic E-state index is 0.0416. The van der Waals surface area contributed by atoms with E-state index in [2.05, 4.69) is 5.16 Å². The van der Waals surface area contributed by atoms with E-state index in [1.54, 1.807) is 18.2 Å². The Hall–Kier alpha value is -3.16. The summed E-state index contributed by atoms with van der Waals surface area (Å²) < 4.78 is 15.5. The van der Waals surface area contributed by atoms with Crippen LogP contribution >= 0.6 is 0 Å². The molecule has 0 spiro atoms. The molecule has 2 amide bonds. The summed E-state index contributed by atoms with van der Waals surface area (Å²) in [6, 6.07) is 5.08. The number of carbonyl (C=O) groups excluding carboxylic acids is 3. The maximum absolute atomic E-state index is 12.3. The lowest BCUT2D eigenvalue weighted by atomic mass is 9.85. The van der Waals surface area contributed by atoms with E-state index >= 15 is 0 Å². The third-order valence-corrected chi connectivity index (χ3v) is 4.84. The average Bonchev–Trinajstić information content (AvgIpc) is 3.41. The van der Waals surface area contributed by atoms with Crippen molar-refractivity contribution in [3.63, 3.8) is 0 Å². The summed E-state index contributed by atoms with van der Waals surface area (Å²) in [5, 5.41) is 3.82. The Labute approximate surface area is 154 Å². The molecule has 0 aromatic carbocycles. The first-order valence-corrected chi connectivity index (χ1v) is 8.79. The zero-order valence-corrected chi connectivity index (χ0v) is 14.5. The average molecular weight is 370 g/mol. The molecule has 2 aromatic rings. The van der Waals surface area contributed by atoms with Crippen LogP contribution in [-0.4, -0.2) is 34.4 Å². The van der Waals surface area contributed by atoms with Crippen LogP contribution in [0, 0.1) is 11.8 Å². The highest BCUT2D eigenvalue weighted by Crippen LogP contribution is 2.35. The molecule has 0 radical (unpaired) electrons. The topological polar surface area (TPSA) is 103 Å². The van der Waals surface area contributed by atoms with Crippen molar-refractivity contribution in [3.05, 3.63) is 42.3 Å². The molecular formula is C19H18N2O6. The Kier molecular flexibility index (Phi) is 4.62. The van der Waals surface area contributed by atoms with Crippen LogP contribution in [0.4, 0.5) is 0 Å². The number of furan rings is 1. The number of nitrogens with zero attached hydrogens (tertiary/aromatic N) is 2. The lowest BCUT2D eigenvalue weighted by Gasteiger charge is -2.14. The normalized spacial score (nSPS) is 21.6. The van der Waals surface area contributed by atoms with Crippen LogP contribution in [0.5, 0.6) is 0 Å². The highest BCUT2D eigenvalue weighted by atomic mass is 16.5. The first-order chi connectivity index (χ1) is 13.1. The number of rotatable bonds is 6. The Balaban J connectivity index is 1.27. The molecule has 0 N–H and O–H groups in total. The van der Waals surface area contributed by atoms with Gasteiger partial charge in [-0.15, -0.1) is 0 Å². The molecule has 2 aromatic heterocycles. The summed E-state index contributed by atoms with van der Waals surface area (Å²) in [6.07, 6.45) is 6.50. The molecule has 3 heterocycles. The van der Waals surface area contributed by atoms with E-state index in [9.17, 15) is 14.4 Å². The fraction of sp³-hybridized carbons (Fsp3) is 0.368. The lowest BCUT2D eigenvalue weighted by Crippen LogP contribution is -2.33. The van der Waals surface area contributed by atoms with Gasteiger partial charge in [-0.25, -0.2) is 0 Å². The van der Waals surface area contributed by atoms with Crippen LogP contribution in [0.3, 0.4) is 0 Å². The molecule has 4 rings (SSSR count). The van der Waals surface area contributed by atoms with Gasteiger partial charge in [0.2, 0.25) is 17.6 Å². The summed E-state index contributed by atoms with van der Waals surface area (Å²) in [4.78, 5) is 37.9. The molecule has 1 saturated heterocycles. The molecule has 2 atom stereocenters. The number of hydrogen-bond acceptors (Lipinski definition) is 7. The SMILES string of the molecule is O=C(CCN1C(=O)[C@H]2CC=CC[C@@H]2C1=O)OCc1cc(-c2ccco2)on1. The van der Waals surface area contributed by atoms with E-state index in [1.807, 2.05) is 12.2 Å². The van der Waals surface area contributed by atoms with Gasteiger partial charge in [-0.3, -0.25) is 19.3 Å². The van der Waals surface area contributed by atoms with E-state index in [-0.39, 0.29) is 43.2 Å². The van der Waals surface area contributed by atoms with Crippen molar-refractivity contribution in [2.24, 2.45) is 11.8 Å². The molecule has 8 heteroatoms. The van der Waals surface area contributed by atoms with Gasteiger partial charge in [-0.2, -0.15) is 0 Å². The molecule has 140 valence electrons. The largest absolute Gasteiger partial charge is 0.461 e. The van der Waals surface area contributed by atoms with Crippen LogP contribution in [0.2, 0.25) is 0 Å². The summed E-state index contributed by atoms with van der Waals surface area (Å²) in [6.45, 7) is -0.0138. The summed E-state index contributed by atoms with van der Waals surface area (Å²) in [7, 11) is 0. The van der Waals surface area contributed by atoms with Crippen molar-refractivity contribution >= 4 is 17.8 Å². The predicted octanol–water partition coefficient (Wildman–Crippen LogP) is 2.32. The minimum Gasteiger partial charge on any atom is -0.461 e. The van der Waals surface area contributed by atoms with Gasteiger partial charge in [0.15, 0.2) is 5.76 Å². The first kappa shape index (κ1) is 17.3. The molecule has 1 aliphatic heterocycles. The van der Waals surface area contributed by atoms with Crippen molar-refractivity contribution in [1.82, 2.24) is 10.1 Å². The minimum atomic E-state index is -0.508. The van der Waals surface area contributed by atoms with Crippen molar-refractivity contribution in [1.29, 1.82) is 0 Å². The van der Waals surface area contributed by atoms with E-state index in [4.69, 9.17) is 13.7 Å². The van der Waals surface area contributed by atoms with Gasteiger partial charge in [0.1, 0.15) is 12.3 Å². The third-order valence-electron chi connectivity index (χ3n) is 4.84. The van der Waals surface area contributed by atoms with Crippen molar-refractivity contribution in [3.8, 4) is 11.5 Å². The van der Waals surface area contributed by atoms with E-state index in [1.165, 1.54) is 11.2 Å². The quantitative estimate of drug-likeness (QED) is 0.437. The second-order valence-electron chi connectivity index (χ2n) is 6.55. The summed E-state index contributed by atoms with van der Waals surface area (Å²) >= 11 is 0. The fourth-order valence-electron chi connectivity index (χ4n) is 3.43. The van der Waals surface area contributed by atoms with Crippen LogP contribution in [-0.2, 0) is 25.7 Å². The van der Waals surface area contributed by atoms with E-state index in [0.717, 1.165) is 0 Å². The Bertz CT molecular complexity index is 856. The van der Waals surface area contributed by atoms with Crippen LogP contribution in [0.25, 0.3) is 11.5 Å². The number of amides is 2. The van der Waals surface area contributed by atoms with E-state index in [0.29, 0.717) is 30.1 Å². The Morgan fingerprint density at radius 1 is 1.19 bits per heavy atom. The van der Waals surface area contributed by atoms with Crippen molar-refractivity contribution in [2.75, 3.05) is 6.54 Å². The molecule has 1 aliphatic carbocycles. The van der Waals surface area contributed by atoms with Gasteiger partial charge in [0.25, 0.3) is 0 Å². The van der Waals surface area contributed by atoms with Crippen molar-refractivity contribution < 1.29 is 28.1 Å². The number of fused-ring (bicyclic) bond motifs is 1. The zero-order valence-electron chi connectivity index (χ0n) is 14.5. The van der Waals surface area contributed by atoms with Gasteiger partial charge in [0.05, 0.1) is 24.5 Å². The molecule has 1 fully saturated rings. The second kappa shape index (κ2) is 7.22. The summed E-state index contributed by atoms with van der Waals surface area (Å²) in [5.74, 6) is -0.491. The molecule has 8 nitrogen and oxygen atoms in total. The highest BCUT2D eigenvalue weighted by Gasteiger charge is 2.46. The van der Waals surface area contributed by atoms with Crippen LogP contribution < -0.4 is 0 Å². The third kappa shape index (κ3) is 3.42. The Morgan fingerprint density at radius 3 is 2.59 bits per heavy atom. The molecular weight excluding hydrogens is 352 g/mol. The molecule has 0 bridgehead atoms. The zero-order chi connectivity index (χ0) is 18.8. The number of likely N-dealkylation sites (tertiary alicyclic amines) is 1. The maximum Gasteiger partial charge on any atom is 0.307 e. The number of aromatic nitrogens is 1. The first-order valence-electron chi connectivity index (χ1n) is 8.79. The van der Waals surface area contributed by atoms with Crippen molar-refractivity contribution in [2.45, 2.75) is 25.9 Å². The predicted molar refractivity (Wildman–Crippen MR) is 90.7 cm³/mol. The number of imide groups is 1. The van der Waals surface area contributed by atoms with Gasteiger partial charge in [0, 0.05) is 12.6 Å². The van der Waals surface area contributed by atoms with Gasteiger partial charge < -0.3 is 13.7 Å². The summed E-state index contributed by atoms with van der Waals surface area (Å²) in [5.41, 5.74) is 0.445. The molecule has 0 unspecified atom stereocenters. The molecule has 27 heavy (non-hydrogen) atoms. The van der Waals surface area contributed by atoms with Gasteiger partial charge in [-0.05, 0) is 25.0 Å². The smallest absolute Gasteiger partial charge is 0.307 e. The van der Waals surface area contributed by atoms with Gasteiger partial charge >= 0.3 is 5.97 Å². The molecule has 0 saturated carbocycles. The lowest BCUT2D eigenvalue weighted by molar-refractivity contribution is -0.146. The highest BCUT2D eigenvalue weighted by molar-refractivity contribution is 6.05. The number of ether oxygens (including phenoxy) is 1. The number of carbonyl (C=O) groups is 3. The van der Waals surface area contributed by atoms with Gasteiger partial charge in [-0.1, -0.05) is 17.3 Å². The monoisotopic (exact) mass is 370 g/mol. The number of hydrogen-bond donors (Lipinski definition) is 0. The molecule has 2 aliphatic rings. The van der Waals surface area contributed by atoms with Crippen LogP contribution in [0.15, 0.2) is 45.6 Å². The number of allylic oxidation sites excluding steroid dienone is 2. The van der Waals surface area contributed by atoms with E-state index < -0.39 is 5.97 Å². The standard InChI is InChI=1S/C19H18N2O6/c22-17(26-11-12-10-16(27-20-12)15-6-3-9-25-15)7-8-21-18(23)13-4-1-2-5-14(13)19(21)24/h1-3,6,9-10,13-14H,4-5,7-8,11H2/t13-,14-/m0/s1. The number of esters is 1. The van der Waals surface area contributed by atoms with Crippen LogP contribution in [0.1, 0.15) is 25.0 Å².